The van der Waals surface area contributed by atoms with Crippen LogP contribution in [0.5, 0.6) is 0 Å². The molecule has 6 heteroatoms. The van der Waals surface area contributed by atoms with Gasteiger partial charge in [0.1, 0.15) is 5.82 Å². The minimum absolute atomic E-state index is 0.186. The third-order valence-electron chi connectivity index (χ3n) is 2.74. The number of hydrogen-bond acceptors (Lipinski definition) is 3. The zero-order chi connectivity index (χ0) is 15.1. The second-order valence-electron chi connectivity index (χ2n) is 4.39. The topological polar surface area (TPSA) is 71.3 Å². The Morgan fingerprint density at radius 1 is 1.14 bits per heavy atom. The maximum absolute atomic E-state index is 12.7. The molecule has 0 saturated heterocycles. The van der Waals surface area contributed by atoms with Crippen molar-refractivity contribution in [2.75, 3.05) is 11.9 Å². The number of furan rings is 1. The fourth-order valence-electron chi connectivity index (χ4n) is 1.70. The van der Waals surface area contributed by atoms with E-state index in [1.807, 2.05) is 0 Å². The summed E-state index contributed by atoms with van der Waals surface area (Å²) in [5.41, 5.74) is 0.543. The van der Waals surface area contributed by atoms with Crippen LogP contribution in [0.25, 0.3) is 0 Å². The van der Waals surface area contributed by atoms with Crippen molar-refractivity contribution >= 4 is 17.5 Å². The molecule has 2 aromatic rings. The van der Waals surface area contributed by atoms with Crippen LogP contribution in [0.2, 0.25) is 0 Å². The predicted molar refractivity (Wildman–Crippen MR) is 75.3 cm³/mol. The average molecular weight is 290 g/mol. The first-order valence-corrected chi connectivity index (χ1v) is 6.52. The van der Waals surface area contributed by atoms with E-state index in [9.17, 15) is 14.0 Å². The summed E-state index contributed by atoms with van der Waals surface area (Å²) < 4.78 is 17.6. The van der Waals surface area contributed by atoms with Gasteiger partial charge in [-0.3, -0.25) is 9.59 Å². The number of nitrogens with one attached hydrogen (secondary N) is 2. The molecule has 110 valence electrons. The molecule has 2 amide bonds. The Balaban J connectivity index is 1.65. The van der Waals surface area contributed by atoms with Crippen LogP contribution in [0, 0.1) is 5.82 Å². The van der Waals surface area contributed by atoms with Crippen LogP contribution in [0.3, 0.4) is 0 Å². The van der Waals surface area contributed by atoms with Gasteiger partial charge in [-0.1, -0.05) is 0 Å². The van der Waals surface area contributed by atoms with Gasteiger partial charge < -0.3 is 15.1 Å². The van der Waals surface area contributed by atoms with Gasteiger partial charge in [-0.25, -0.2) is 4.39 Å². The van der Waals surface area contributed by atoms with E-state index >= 15 is 0 Å². The number of carbonyl (C=O) groups excluding carboxylic acids is 2. The van der Waals surface area contributed by atoms with E-state index in [4.69, 9.17) is 4.42 Å². The SMILES string of the molecule is O=C(CCCNC(=O)c1ccco1)Nc1ccc(F)cc1. The number of carbonyl (C=O) groups is 2. The maximum Gasteiger partial charge on any atom is 0.286 e. The van der Waals surface area contributed by atoms with Crippen molar-refractivity contribution in [3.05, 3.63) is 54.2 Å². The molecule has 1 aromatic heterocycles. The Hall–Kier alpha value is -2.63. The molecule has 0 bridgehead atoms. The third kappa shape index (κ3) is 4.76. The molecule has 2 N–H and O–H groups in total. The fraction of sp³-hybridized carbons (Fsp3) is 0.200. The number of benzene rings is 1. The first-order chi connectivity index (χ1) is 10.1. The molecule has 0 aliphatic carbocycles. The summed E-state index contributed by atoms with van der Waals surface area (Å²) in [6.07, 6.45) is 2.18. The highest BCUT2D eigenvalue weighted by molar-refractivity contribution is 5.92. The molecule has 0 spiro atoms. The molecule has 2 rings (SSSR count). The van der Waals surface area contributed by atoms with Gasteiger partial charge in [0.15, 0.2) is 5.76 Å². The number of amides is 2. The smallest absolute Gasteiger partial charge is 0.286 e. The van der Waals surface area contributed by atoms with Gasteiger partial charge in [0.2, 0.25) is 5.91 Å². The van der Waals surface area contributed by atoms with Crippen LogP contribution in [0.1, 0.15) is 23.4 Å². The van der Waals surface area contributed by atoms with Crippen molar-refractivity contribution in [2.45, 2.75) is 12.8 Å². The summed E-state index contributed by atoms with van der Waals surface area (Å²) in [7, 11) is 0. The summed E-state index contributed by atoms with van der Waals surface area (Å²) in [5.74, 6) is -0.604. The molecular weight excluding hydrogens is 275 g/mol. The molecule has 21 heavy (non-hydrogen) atoms. The van der Waals surface area contributed by atoms with E-state index < -0.39 is 0 Å². The van der Waals surface area contributed by atoms with Crippen LogP contribution in [0.4, 0.5) is 10.1 Å². The van der Waals surface area contributed by atoms with Crippen molar-refractivity contribution in [3.8, 4) is 0 Å². The molecule has 5 nitrogen and oxygen atoms in total. The lowest BCUT2D eigenvalue weighted by Gasteiger charge is -2.05. The molecule has 0 atom stereocenters. The molecule has 0 fully saturated rings. The number of hydrogen-bond donors (Lipinski definition) is 2. The Labute approximate surface area is 121 Å². The molecule has 0 radical (unpaired) electrons. The molecule has 1 heterocycles. The number of rotatable bonds is 6. The van der Waals surface area contributed by atoms with Crippen molar-refractivity contribution in [2.24, 2.45) is 0 Å². The zero-order valence-electron chi connectivity index (χ0n) is 11.3. The normalized spacial score (nSPS) is 10.1. The summed E-state index contributed by atoms with van der Waals surface area (Å²) in [4.78, 5) is 23.2. The Kier molecular flexibility index (Phi) is 5.09. The highest BCUT2D eigenvalue weighted by Gasteiger charge is 2.08. The van der Waals surface area contributed by atoms with Gasteiger partial charge in [0.05, 0.1) is 6.26 Å². The van der Waals surface area contributed by atoms with Crippen LogP contribution >= 0.6 is 0 Å². The van der Waals surface area contributed by atoms with Gasteiger partial charge in [0, 0.05) is 18.7 Å². The van der Waals surface area contributed by atoms with E-state index in [-0.39, 0.29) is 29.8 Å². The standard InChI is InChI=1S/C15H15FN2O3/c16-11-5-7-12(8-6-11)18-14(19)4-1-9-17-15(20)13-3-2-10-21-13/h2-3,5-8,10H,1,4,9H2,(H,17,20)(H,18,19). The molecule has 1 aromatic carbocycles. The minimum atomic E-state index is -0.353. The lowest BCUT2D eigenvalue weighted by Crippen LogP contribution is -2.25. The first-order valence-electron chi connectivity index (χ1n) is 6.52. The fourth-order valence-corrected chi connectivity index (χ4v) is 1.70. The monoisotopic (exact) mass is 290 g/mol. The van der Waals surface area contributed by atoms with Gasteiger partial charge in [-0.2, -0.15) is 0 Å². The Morgan fingerprint density at radius 2 is 1.90 bits per heavy atom. The van der Waals surface area contributed by atoms with E-state index in [2.05, 4.69) is 10.6 Å². The first kappa shape index (κ1) is 14.8. The van der Waals surface area contributed by atoms with Gasteiger partial charge in [0.25, 0.3) is 5.91 Å². The minimum Gasteiger partial charge on any atom is -0.459 e. The second-order valence-corrected chi connectivity index (χ2v) is 4.39. The second kappa shape index (κ2) is 7.23. The van der Waals surface area contributed by atoms with Crippen molar-refractivity contribution < 1.29 is 18.4 Å². The summed E-state index contributed by atoms with van der Waals surface area (Å²) in [6.45, 7) is 0.371. The van der Waals surface area contributed by atoms with Crippen molar-refractivity contribution in [1.29, 1.82) is 0 Å². The summed E-state index contributed by atoms with van der Waals surface area (Å²) in [5, 5.41) is 5.30. The highest BCUT2D eigenvalue weighted by Crippen LogP contribution is 2.08. The largest absolute Gasteiger partial charge is 0.459 e. The number of halogens is 1. The lowest BCUT2D eigenvalue weighted by atomic mass is 10.2. The van der Waals surface area contributed by atoms with E-state index in [0.717, 1.165) is 0 Å². The maximum atomic E-state index is 12.7. The molecule has 0 unspecified atom stereocenters. The quantitative estimate of drug-likeness (QED) is 0.803. The van der Waals surface area contributed by atoms with Crippen molar-refractivity contribution in [1.82, 2.24) is 5.32 Å². The molecule has 0 saturated carbocycles. The van der Waals surface area contributed by atoms with Gasteiger partial charge >= 0.3 is 0 Å². The van der Waals surface area contributed by atoms with Gasteiger partial charge in [-0.15, -0.1) is 0 Å². The number of anilines is 1. The molecule has 0 aliphatic heterocycles. The lowest BCUT2D eigenvalue weighted by molar-refractivity contribution is -0.116. The molecular formula is C15H15FN2O3. The average Bonchev–Trinajstić information content (AvgIpc) is 3.00. The van der Waals surface area contributed by atoms with E-state index in [1.54, 1.807) is 12.1 Å². The van der Waals surface area contributed by atoms with E-state index in [1.165, 1.54) is 30.5 Å². The van der Waals surface area contributed by atoms with Crippen molar-refractivity contribution in [3.63, 3.8) is 0 Å². The zero-order valence-corrected chi connectivity index (χ0v) is 11.3. The Bertz CT molecular complexity index is 594. The van der Waals surface area contributed by atoms with Crippen LogP contribution in [-0.4, -0.2) is 18.4 Å². The predicted octanol–water partition coefficient (Wildman–Crippen LogP) is 2.57. The van der Waals surface area contributed by atoms with Crippen LogP contribution in [-0.2, 0) is 4.79 Å². The molecule has 0 aliphatic rings. The van der Waals surface area contributed by atoms with Crippen LogP contribution in [0.15, 0.2) is 47.1 Å². The Morgan fingerprint density at radius 3 is 2.57 bits per heavy atom. The van der Waals surface area contributed by atoms with E-state index in [0.29, 0.717) is 18.7 Å². The summed E-state index contributed by atoms with van der Waals surface area (Å²) >= 11 is 0. The third-order valence-corrected chi connectivity index (χ3v) is 2.74. The summed E-state index contributed by atoms with van der Waals surface area (Å²) in [6, 6.07) is 8.73. The van der Waals surface area contributed by atoms with Gasteiger partial charge in [-0.05, 0) is 42.8 Å². The highest BCUT2D eigenvalue weighted by atomic mass is 19.1. The van der Waals surface area contributed by atoms with Crippen LogP contribution < -0.4 is 10.6 Å².